The summed E-state index contributed by atoms with van der Waals surface area (Å²) in [5.41, 5.74) is 0.754. The molecule has 1 aromatic rings. The Balaban J connectivity index is 2.79. The first-order valence-corrected chi connectivity index (χ1v) is 10.3. The summed E-state index contributed by atoms with van der Waals surface area (Å²) < 4.78 is 43.8. The van der Waals surface area contributed by atoms with Gasteiger partial charge in [0.2, 0.25) is 8.32 Å². The van der Waals surface area contributed by atoms with Crippen molar-refractivity contribution < 1.29 is 17.6 Å². The Bertz CT molecular complexity index is 584. The molecule has 0 aliphatic rings. The normalized spacial score (nSPS) is 12.2. The maximum Gasteiger partial charge on any atom is 0.416 e. The molecule has 5 heteroatoms. The van der Waals surface area contributed by atoms with Gasteiger partial charge in [0.05, 0.1) is 12.2 Å². The highest BCUT2D eigenvalue weighted by Gasteiger charge is 2.40. The van der Waals surface area contributed by atoms with Crippen LogP contribution < -0.4 is 0 Å². The zero-order valence-corrected chi connectivity index (χ0v) is 15.7. The van der Waals surface area contributed by atoms with E-state index in [9.17, 15) is 13.2 Å². The molecule has 0 radical (unpaired) electrons. The van der Waals surface area contributed by atoms with Crippen molar-refractivity contribution in [1.29, 1.82) is 0 Å². The Hall–Kier alpha value is -1.51. The summed E-state index contributed by atoms with van der Waals surface area (Å²) >= 11 is 0. The second-order valence-corrected chi connectivity index (χ2v) is 11.3. The Morgan fingerprint density at radius 2 is 1.67 bits per heavy atom. The van der Waals surface area contributed by atoms with Crippen LogP contribution in [0.5, 0.6) is 0 Å². The molecule has 0 atom stereocenters. The van der Waals surface area contributed by atoms with E-state index < -0.39 is 20.1 Å². The van der Waals surface area contributed by atoms with E-state index in [1.807, 2.05) is 6.08 Å². The average Bonchev–Trinajstić information content (AvgIpc) is 2.49. The Morgan fingerprint density at radius 3 is 2.08 bits per heavy atom. The summed E-state index contributed by atoms with van der Waals surface area (Å²) in [6, 6.07) is 5.72. The van der Waals surface area contributed by atoms with Gasteiger partial charge in [0.15, 0.2) is 0 Å². The van der Waals surface area contributed by atoms with Crippen LogP contribution in [0.25, 0.3) is 0 Å². The van der Waals surface area contributed by atoms with E-state index in [0.717, 1.165) is 18.2 Å². The molecule has 0 unspecified atom stereocenters. The van der Waals surface area contributed by atoms with Crippen molar-refractivity contribution in [3.05, 3.63) is 48.0 Å². The molecule has 0 heterocycles. The first-order valence-electron chi connectivity index (χ1n) is 8.04. The Morgan fingerprint density at radius 1 is 1.12 bits per heavy atom. The smallest absolute Gasteiger partial charge is 0.405 e. The number of rotatable bonds is 6. The zero-order valence-electron chi connectivity index (χ0n) is 14.7. The first-order chi connectivity index (χ1) is 11.1. The summed E-state index contributed by atoms with van der Waals surface area (Å²) in [6.07, 6.45) is -2.41. The van der Waals surface area contributed by atoms with E-state index in [2.05, 4.69) is 46.1 Å². The topological polar surface area (TPSA) is 9.23 Å². The molecule has 24 heavy (non-hydrogen) atoms. The van der Waals surface area contributed by atoms with Crippen LogP contribution in [0.4, 0.5) is 13.2 Å². The number of allylic oxidation sites excluding steroid dienone is 1. The van der Waals surface area contributed by atoms with Gasteiger partial charge < -0.3 is 4.43 Å². The summed E-state index contributed by atoms with van der Waals surface area (Å²) in [7, 11) is -1.99. The zero-order chi connectivity index (χ0) is 18.4. The van der Waals surface area contributed by atoms with E-state index in [1.165, 1.54) is 12.1 Å². The lowest BCUT2D eigenvalue weighted by atomic mass is 10.1. The highest BCUT2D eigenvalue weighted by atomic mass is 28.4. The summed E-state index contributed by atoms with van der Waals surface area (Å²) in [4.78, 5) is 0. The molecule has 0 fully saturated rings. The third kappa shape index (κ3) is 5.25. The molecule has 1 rings (SSSR count). The van der Waals surface area contributed by atoms with Gasteiger partial charge in [-0.25, -0.2) is 0 Å². The molecule has 0 bridgehead atoms. The SMILES string of the molecule is C=CC[Si](OCC#Cc1ccc(C(F)(F)F)cc1)(C(C)C)C(C)C. The van der Waals surface area contributed by atoms with Crippen molar-refractivity contribution in [1.82, 2.24) is 0 Å². The minimum atomic E-state index is -4.32. The minimum Gasteiger partial charge on any atom is -0.405 e. The second-order valence-electron chi connectivity index (χ2n) is 6.42. The maximum absolute atomic E-state index is 12.5. The highest BCUT2D eigenvalue weighted by Crippen LogP contribution is 2.37. The standard InChI is InChI=1S/C19H25F3OSi/c1-6-14-24(15(2)3,16(4)5)23-13-7-8-17-9-11-18(12-10-17)19(20,21)22/h6,9-12,15-16H,1,13-14H2,2-5H3. The van der Waals surface area contributed by atoms with E-state index in [0.29, 0.717) is 16.6 Å². The van der Waals surface area contributed by atoms with E-state index in [1.54, 1.807) is 0 Å². The van der Waals surface area contributed by atoms with E-state index in [-0.39, 0.29) is 6.61 Å². The van der Waals surface area contributed by atoms with Crippen LogP contribution in [-0.4, -0.2) is 14.9 Å². The van der Waals surface area contributed by atoms with Gasteiger partial charge in [-0.3, -0.25) is 0 Å². The van der Waals surface area contributed by atoms with E-state index >= 15 is 0 Å². The van der Waals surface area contributed by atoms with Crippen molar-refractivity contribution in [3.63, 3.8) is 0 Å². The number of halogens is 3. The van der Waals surface area contributed by atoms with Crippen molar-refractivity contribution in [3.8, 4) is 11.8 Å². The number of benzene rings is 1. The summed E-state index contributed by atoms with van der Waals surface area (Å²) in [5, 5.41) is 0. The third-order valence-electron chi connectivity index (χ3n) is 4.28. The van der Waals surface area contributed by atoms with Crippen LogP contribution in [0, 0.1) is 11.8 Å². The average molecular weight is 354 g/mol. The Kier molecular flexibility index (Phi) is 7.31. The van der Waals surface area contributed by atoms with Gasteiger partial charge >= 0.3 is 6.18 Å². The maximum atomic E-state index is 12.5. The lowest BCUT2D eigenvalue weighted by molar-refractivity contribution is -0.137. The van der Waals surface area contributed by atoms with Crippen LogP contribution in [0.15, 0.2) is 36.9 Å². The predicted octanol–water partition coefficient (Wildman–Crippen LogP) is 6.03. The molecule has 0 N–H and O–H groups in total. The molecule has 132 valence electrons. The Labute approximate surface area is 144 Å². The molecular weight excluding hydrogens is 329 g/mol. The first kappa shape index (κ1) is 20.5. The predicted molar refractivity (Wildman–Crippen MR) is 95.2 cm³/mol. The molecule has 0 amide bonds. The van der Waals surface area contributed by atoms with Gasteiger partial charge in [-0.05, 0) is 41.4 Å². The van der Waals surface area contributed by atoms with Crippen LogP contribution in [-0.2, 0) is 10.6 Å². The molecular formula is C19H25F3OSi. The van der Waals surface area contributed by atoms with Gasteiger partial charge in [-0.15, -0.1) is 6.58 Å². The van der Waals surface area contributed by atoms with Crippen LogP contribution in [0.2, 0.25) is 17.1 Å². The van der Waals surface area contributed by atoms with Gasteiger partial charge in [0, 0.05) is 5.56 Å². The molecule has 0 saturated carbocycles. The fourth-order valence-electron chi connectivity index (χ4n) is 2.81. The van der Waals surface area contributed by atoms with Crippen molar-refractivity contribution >= 4 is 8.32 Å². The van der Waals surface area contributed by atoms with Gasteiger partial charge in [-0.2, -0.15) is 13.2 Å². The van der Waals surface area contributed by atoms with Crippen LogP contribution >= 0.6 is 0 Å². The third-order valence-corrected chi connectivity index (χ3v) is 9.79. The monoisotopic (exact) mass is 354 g/mol. The molecule has 1 aromatic carbocycles. The lowest BCUT2D eigenvalue weighted by Crippen LogP contribution is -2.44. The minimum absolute atomic E-state index is 0.289. The molecule has 1 nitrogen and oxygen atoms in total. The second kappa shape index (κ2) is 8.54. The number of alkyl halides is 3. The number of hydrogen-bond acceptors (Lipinski definition) is 1. The van der Waals surface area contributed by atoms with E-state index in [4.69, 9.17) is 4.43 Å². The van der Waals surface area contributed by atoms with Gasteiger partial charge in [0.1, 0.15) is 0 Å². The molecule has 0 aromatic heterocycles. The largest absolute Gasteiger partial charge is 0.416 e. The fourth-order valence-corrected chi connectivity index (χ4v) is 6.66. The molecule has 0 aliphatic carbocycles. The molecule has 0 saturated heterocycles. The van der Waals surface area contributed by atoms with Crippen molar-refractivity contribution in [2.45, 2.75) is 51.0 Å². The van der Waals surface area contributed by atoms with Gasteiger partial charge in [-0.1, -0.05) is 45.6 Å². The summed E-state index contributed by atoms with van der Waals surface area (Å²) in [6.45, 7) is 12.8. The summed E-state index contributed by atoms with van der Waals surface area (Å²) in [5.74, 6) is 5.80. The van der Waals surface area contributed by atoms with Crippen molar-refractivity contribution in [2.75, 3.05) is 6.61 Å². The fraction of sp³-hybridized carbons (Fsp3) is 0.474. The highest BCUT2D eigenvalue weighted by molar-refractivity contribution is 6.76. The van der Waals surface area contributed by atoms with Crippen molar-refractivity contribution in [2.24, 2.45) is 0 Å². The molecule has 0 aliphatic heterocycles. The number of hydrogen-bond donors (Lipinski definition) is 0. The molecule has 0 spiro atoms. The lowest BCUT2D eigenvalue weighted by Gasteiger charge is -2.37. The quantitative estimate of drug-likeness (QED) is 0.344. The van der Waals surface area contributed by atoms with Crippen LogP contribution in [0.1, 0.15) is 38.8 Å². The van der Waals surface area contributed by atoms with Gasteiger partial charge in [0.25, 0.3) is 0 Å². The van der Waals surface area contributed by atoms with Crippen LogP contribution in [0.3, 0.4) is 0 Å².